The number of rotatable bonds is 3. The third-order valence-electron chi connectivity index (χ3n) is 4.07. The topological polar surface area (TPSA) is 30.7 Å². The Hall–Kier alpha value is -3.20. The van der Waals surface area contributed by atoms with Crippen molar-refractivity contribution in [3.63, 3.8) is 0 Å². The fourth-order valence-electron chi connectivity index (χ4n) is 2.90. The first-order valence-electron chi connectivity index (χ1n) is 7.96. The largest absolute Gasteiger partial charge is 0.279 e. The van der Waals surface area contributed by atoms with E-state index in [1.807, 2.05) is 31.2 Å². The van der Waals surface area contributed by atoms with Gasteiger partial charge < -0.3 is 0 Å². The molecule has 0 amide bonds. The first-order valence-corrected chi connectivity index (χ1v) is 7.96. The van der Waals surface area contributed by atoms with E-state index in [4.69, 9.17) is 0 Å². The summed E-state index contributed by atoms with van der Waals surface area (Å²) in [5.41, 5.74) is 4.51. The van der Waals surface area contributed by atoms with Crippen LogP contribution in [0, 0.1) is 6.92 Å². The van der Waals surface area contributed by atoms with Gasteiger partial charge in [0.1, 0.15) is 5.82 Å². The van der Waals surface area contributed by atoms with E-state index in [-0.39, 0.29) is 0 Å². The van der Waals surface area contributed by atoms with Crippen LogP contribution in [0.2, 0.25) is 0 Å². The zero-order valence-electron chi connectivity index (χ0n) is 13.4. The van der Waals surface area contributed by atoms with Crippen molar-refractivity contribution in [3.05, 3.63) is 90.8 Å². The van der Waals surface area contributed by atoms with Crippen LogP contribution >= 0.6 is 0 Å². The molecule has 1 heterocycles. The third kappa shape index (κ3) is 2.61. The van der Waals surface area contributed by atoms with Gasteiger partial charge in [-0.2, -0.15) is 0 Å². The molecule has 0 atom stereocenters. The van der Waals surface area contributed by atoms with Gasteiger partial charge >= 0.3 is 0 Å². The van der Waals surface area contributed by atoms with Crippen molar-refractivity contribution in [2.75, 3.05) is 0 Å². The predicted octanol–water partition coefficient (Wildman–Crippen LogP) is 4.91. The maximum absolute atomic E-state index is 4.38. The van der Waals surface area contributed by atoms with Crippen LogP contribution in [0.4, 0.5) is 0 Å². The zero-order valence-corrected chi connectivity index (χ0v) is 13.4. The average molecular weight is 311 g/mol. The SMILES string of the molecule is Cc1nnc(-c2ccccc2)n1-c1cccc(-c2ccccc2)c1. The number of aromatic nitrogens is 3. The van der Waals surface area contributed by atoms with Crippen LogP contribution in [0.5, 0.6) is 0 Å². The molecule has 0 aliphatic rings. The Labute approximate surface area is 141 Å². The van der Waals surface area contributed by atoms with Gasteiger partial charge in [0.15, 0.2) is 5.82 Å². The molecule has 0 radical (unpaired) electrons. The van der Waals surface area contributed by atoms with Crippen molar-refractivity contribution in [1.29, 1.82) is 0 Å². The molecule has 4 rings (SSSR count). The van der Waals surface area contributed by atoms with Crippen molar-refractivity contribution >= 4 is 0 Å². The van der Waals surface area contributed by atoms with Crippen molar-refractivity contribution in [2.24, 2.45) is 0 Å². The number of benzene rings is 3. The molecule has 4 aromatic rings. The first kappa shape index (κ1) is 14.4. The molecule has 116 valence electrons. The lowest BCUT2D eigenvalue weighted by molar-refractivity contribution is 0.972. The molecule has 1 aromatic heterocycles. The van der Waals surface area contributed by atoms with E-state index in [0.717, 1.165) is 22.9 Å². The van der Waals surface area contributed by atoms with E-state index in [9.17, 15) is 0 Å². The molecule has 3 nitrogen and oxygen atoms in total. The number of nitrogens with zero attached hydrogens (tertiary/aromatic N) is 3. The molecule has 3 aromatic carbocycles. The summed E-state index contributed by atoms with van der Waals surface area (Å²) in [5.74, 6) is 1.73. The molecule has 0 bridgehead atoms. The fraction of sp³-hybridized carbons (Fsp3) is 0.0476. The Morgan fingerprint density at radius 2 is 1.25 bits per heavy atom. The Kier molecular flexibility index (Phi) is 3.67. The van der Waals surface area contributed by atoms with E-state index >= 15 is 0 Å². The van der Waals surface area contributed by atoms with Gasteiger partial charge in [-0.05, 0) is 30.2 Å². The van der Waals surface area contributed by atoms with Gasteiger partial charge in [0.05, 0.1) is 0 Å². The van der Waals surface area contributed by atoms with Crippen molar-refractivity contribution in [2.45, 2.75) is 6.92 Å². The maximum atomic E-state index is 4.38. The summed E-state index contributed by atoms with van der Waals surface area (Å²) in [6, 6.07) is 29.0. The van der Waals surface area contributed by atoms with Gasteiger partial charge in [-0.1, -0.05) is 72.8 Å². The van der Waals surface area contributed by atoms with Gasteiger partial charge in [-0.25, -0.2) is 0 Å². The molecule has 0 fully saturated rings. The monoisotopic (exact) mass is 311 g/mol. The number of aryl methyl sites for hydroxylation is 1. The molecular weight excluding hydrogens is 294 g/mol. The average Bonchev–Trinajstić information content (AvgIpc) is 3.05. The predicted molar refractivity (Wildman–Crippen MR) is 97.0 cm³/mol. The molecule has 0 aliphatic heterocycles. The zero-order chi connectivity index (χ0) is 16.4. The molecule has 0 saturated heterocycles. The lowest BCUT2D eigenvalue weighted by atomic mass is 10.1. The summed E-state index contributed by atoms with van der Waals surface area (Å²) in [6.45, 7) is 1.98. The Balaban J connectivity index is 1.85. The summed E-state index contributed by atoms with van der Waals surface area (Å²) in [6.07, 6.45) is 0. The summed E-state index contributed by atoms with van der Waals surface area (Å²) >= 11 is 0. The Morgan fingerprint density at radius 3 is 1.96 bits per heavy atom. The van der Waals surface area contributed by atoms with Gasteiger partial charge in [0.25, 0.3) is 0 Å². The van der Waals surface area contributed by atoms with Crippen LogP contribution in [0.25, 0.3) is 28.2 Å². The standard InChI is InChI=1S/C21H17N3/c1-16-22-23-21(18-11-6-3-7-12-18)24(16)20-14-8-13-19(15-20)17-9-4-2-5-10-17/h2-15H,1H3. The quantitative estimate of drug-likeness (QED) is 0.538. The van der Waals surface area contributed by atoms with Crippen LogP contribution in [0.15, 0.2) is 84.9 Å². The third-order valence-corrected chi connectivity index (χ3v) is 4.07. The molecule has 24 heavy (non-hydrogen) atoms. The molecule has 0 aliphatic carbocycles. The van der Waals surface area contributed by atoms with Gasteiger partial charge in [0.2, 0.25) is 0 Å². The van der Waals surface area contributed by atoms with Crippen molar-refractivity contribution in [3.8, 4) is 28.2 Å². The lowest BCUT2D eigenvalue weighted by Crippen LogP contribution is -2.00. The highest BCUT2D eigenvalue weighted by atomic mass is 15.3. The molecule has 0 N–H and O–H groups in total. The van der Waals surface area contributed by atoms with Crippen LogP contribution < -0.4 is 0 Å². The van der Waals surface area contributed by atoms with Gasteiger partial charge in [-0.3, -0.25) is 4.57 Å². The van der Waals surface area contributed by atoms with E-state index in [0.29, 0.717) is 0 Å². The fourth-order valence-corrected chi connectivity index (χ4v) is 2.90. The Morgan fingerprint density at radius 1 is 0.625 bits per heavy atom. The highest BCUT2D eigenvalue weighted by Gasteiger charge is 2.13. The van der Waals surface area contributed by atoms with E-state index < -0.39 is 0 Å². The smallest absolute Gasteiger partial charge is 0.168 e. The summed E-state index contributed by atoms with van der Waals surface area (Å²) in [4.78, 5) is 0. The molecule has 3 heteroatoms. The van der Waals surface area contributed by atoms with Gasteiger partial charge in [-0.15, -0.1) is 10.2 Å². The summed E-state index contributed by atoms with van der Waals surface area (Å²) in [5, 5.41) is 8.66. The molecule has 0 saturated carbocycles. The number of hydrogen-bond acceptors (Lipinski definition) is 2. The minimum Gasteiger partial charge on any atom is -0.279 e. The van der Waals surface area contributed by atoms with Crippen LogP contribution in [-0.2, 0) is 0 Å². The molecule has 0 unspecified atom stereocenters. The van der Waals surface area contributed by atoms with Gasteiger partial charge in [0, 0.05) is 11.3 Å². The lowest BCUT2D eigenvalue weighted by Gasteiger charge is -2.11. The van der Waals surface area contributed by atoms with E-state index in [1.165, 1.54) is 11.1 Å². The summed E-state index contributed by atoms with van der Waals surface area (Å²) < 4.78 is 2.10. The minimum absolute atomic E-state index is 0.860. The van der Waals surface area contributed by atoms with Crippen molar-refractivity contribution < 1.29 is 0 Å². The normalized spacial score (nSPS) is 10.7. The second-order valence-electron chi connectivity index (χ2n) is 5.69. The van der Waals surface area contributed by atoms with Crippen molar-refractivity contribution in [1.82, 2.24) is 14.8 Å². The second kappa shape index (κ2) is 6.13. The summed E-state index contributed by atoms with van der Waals surface area (Å²) in [7, 11) is 0. The highest BCUT2D eigenvalue weighted by Crippen LogP contribution is 2.26. The molecular formula is C21H17N3. The van der Waals surface area contributed by atoms with E-state index in [1.54, 1.807) is 0 Å². The highest BCUT2D eigenvalue weighted by molar-refractivity contribution is 5.67. The van der Waals surface area contributed by atoms with E-state index in [2.05, 4.69) is 75.4 Å². The maximum Gasteiger partial charge on any atom is 0.168 e. The number of hydrogen-bond donors (Lipinski definition) is 0. The Bertz CT molecular complexity index is 957. The first-order chi connectivity index (χ1) is 11.8. The second-order valence-corrected chi connectivity index (χ2v) is 5.69. The minimum atomic E-state index is 0.860. The van der Waals surface area contributed by atoms with Crippen LogP contribution in [-0.4, -0.2) is 14.8 Å². The van der Waals surface area contributed by atoms with Crippen LogP contribution in [0.3, 0.4) is 0 Å². The molecule has 0 spiro atoms. The van der Waals surface area contributed by atoms with Crippen LogP contribution in [0.1, 0.15) is 5.82 Å².